The summed E-state index contributed by atoms with van der Waals surface area (Å²) >= 11 is 6.50. The first-order valence-corrected chi connectivity index (χ1v) is 12.2. The Balaban J connectivity index is 1.24. The highest BCUT2D eigenvalue weighted by molar-refractivity contribution is 6.33. The number of hydrogen-bond donors (Lipinski definition) is 1. The second kappa shape index (κ2) is 7.34. The highest BCUT2D eigenvalue weighted by Crippen LogP contribution is 2.61. The number of oxazole rings is 1. The average Bonchev–Trinajstić information content (AvgIpc) is 3.12. The summed E-state index contributed by atoms with van der Waals surface area (Å²) in [7, 11) is 0. The highest BCUT2D eigenvalue weighted by atomic mass is 35.5. The molecule has 1 amide bonds. The minimum atomic E-state index is 0.115. The molecule has 1 N–H and O–H groups in total. The maximum atomic E-state index is 13.1. The fourth-order valence-electron chi connectivity index (χ4n) is 7.31. The van der Waals surface area contributed by atoms with E-state index in [1.165, 1.54) is 38.5 Å². The van der Waals surface area contributed by atoms with Gasteiger partial charge in [0, 0.05) is 12.1 Å². The van der Waals surface area contributed by atoms with Crippen LogP contribution in [0.3, 0.4) is 0 Å². The lowest BCUT2D eigenvalue weighted by atomic mass is 9.49. The van der Waals surface area contributed by atoms with Crippen LogP contribution in [-0.4, -0.2) is 10.9 Å². The number of benzene rings is 2. The molecular formula is C27H29ClN2O2. The highest BCUT2D eigenvalue weighted by Gasteiger charge is 2.51. The molecule has 1 aromatic heterocycles. The van der Waals surface area contributed by atoms with Crippen molar-refractivity contribution in [3.8, 4) is 11.5 Å². The standard InChI is InChI=1S/C27H29ClN2O2/c1-15-5-16(2)25-23(6-15)30-26(32-25)21-10-20(3-4-22(21)28)29-24(31)14-27-11-17-7-18(12-27)9-19(8-17)13-27/h3-6,10,17-19H,7-9,11-14H2,1-2H3,(H,29,31). The van der Waals surface area contributed by atoms with Crippen molar-refractivity contribution in [3.63, 3.8) is 0 Å². The summed E-state index contributed by atoms with van der Waals surface area (Å²) in [5, 5.41) is 3.70. The summed E-state index contributed by atoms with van der Waals surface area (Å²) in [6.45, 7) is 4.07. The summed E-state index contributed by atoms with van der Waals surface area (Å²) in [5.74, 6) is 3.15. The Morgan fingerprint density at radius 3 is 2.47 bits per heavy atom. The second-order valence-corrected chi connectivity index (χ2v) is 11.2. The van der Waals surface area contributed by atoms with E-state index >= 15 is 0 Å². The number of nitrogens with zero attached hydrogens (tertiary/aromatic N) is 1. The van der Waals surface area contributed by atoms with Crippen LogP contribution in [0.2, 0.25) is 5.02 Å². The Morgan fingerprint density at radius 2 is 1.78 bits per heavy atom. The Hall–Kier alpha value is -2.33. The number of aromatic nitrogens is 1. The fraction of sp³-hybridized carbons (Fsp3) is 0.481. The molecule has 4 bridgehead atoms. The molecule has 0 spiro atoms. The van der Waals surface area contributed by atoms with Crippen molar-refractivity contribution in [2.45, 2.75) is 58.8 Å². The molecule has 0 saturated heterocycles. The van der Waals surface area contributed by atoms with Gasteiger partial charge in [0.15, 0.2) is 5.58 Å². The Bertz CT molecular complexity index is 1190. The van der Waals surface area contributed by atoms with Crippen molar-refractivity contribution in [1.82, 2.24) is 4.98 Å². The monoisotopic (exact) mass is 448 g/mol. The molecule has 0 atom stereocenters. The van der Waals surface area contributed by atoms with Gasteiger partial charge >= 0.3 is 0 Å². The number of amides is 1. The van der Waals surface area contributed by atoms with E-state index in [4.69, 9.17) is 16.0 Å². The van der Waals surface area contributed by atoms with Crippen molar-refractivity contribution in [3.05, 3.63) is 46.5 Å². The predicted octanol–water partition coefficient (Wildman–Crippen LogP) is 7.31. The second-order valence-electron chi connectivity index (χ2n) is 10.8. The quantitative estimate of drug-likeness (QED) is 0.455. The van der Waals surface area contributed by atoms with E-state index in [0.717, 1.165) is 45.7 Å². The first-order chi connectivity index (χ1) is 15.4. The Morgan fingerprint density at radius 1 is 1.09 bits per heavy atom. The average molecular weight is 449 g/mol. The largest absolute Gasteiger partial charge is 0.436 e. The lowest BCUT2D eigenvalue weighted by molar-refractivity contribution is -0.124. The van der Waals surface area contributed by atoms with E-state index in [1.54, 1.807) is 0 Å². The minimum absolute atomic E-state index is 0.115. The van der Waals surface area contributed by atoms with Crippen molar-refractivity contribution in [1.29, 1.82) is 0 Å². The molecule has 166 valence electrons. The van der Waals surface area contributed by atoms with Crippen LogP contribution in [-0.2, 0) is 4.79 Å². The van der Waals surface area contributed by atoms with E-state index in [-0.39, 0.29) is 11.3 Å². The van der Waals surface area contributed by atoms with Crippen LogP contribution in [0.15, 0.2) is 34.7 Å². The normalized spacial score (nSPS) is 28.4. The van der Waals surface area contributed by atoms with Crippen LogP contribution in [0.4, 0.5) is 5.69 Å². The molecule has 32 heavy (non-hydrogen) atoms. The van der Waals surface area contributed by atoms with Gasteiger partial charge in [-0.25, -0.2) is 4.98 Å². The fourth-order valence-corrected chi connectivity index (χ4v) is 7.51. The minimum Gasteiger partial charge on any atom is -0.436 e. The summed E-state index contributed by atoms with van der Waals surface area (Å²) in [5.41, 5.74) is 5.47. The molecule has 4 aliphatic carbocycles. The van der Waals surface area contributed by atoms with E-state index in [9.17, 15) is 4.79 Å². The molecule has 7 rings (SSSR count). The van der Waals surface area contributed by atoms with Gasteiger partial charge in [0.2, 0.25) is 11.8 Å². The summed E-state index contributed by atoms with van der Waals surface area (Å²) in [4.78, 5) is 17.7. The molecule has 4 saturated carbocycles. The van der Waals surface area contributed by atoms with E-state index in [1.807, 2.05) is 38.1 Å². The van der Waals surface area contributed by atoms with Crippen LogP contribution in [0, 0.1) is 37.0 Å². The van der Waals surface area contributed by atoms with Gasteiger partial charge in [0.25, 0.3) is 0 Å². The van der Waals surface area contributed by atoms with Gasteiger partial charge in [0.05, 0.1) is 10.6 Å². The van der Waals surface area contributed by atoms with Gasteiger partial charge in [-0.1, -0.05) is 17.7 Å². The molecular weight excluding hydrogens is 420 g/mol. The van der Waals surface area contributed by atoms with Crippen LogP contribution in [0.25, 0.3) is 22.6 Å². The van der Waals surface area contributed by atoms with Gasteiger partial charge in [-0.15, -0.1) is 0 Å². The summed E-state index contributed by atoms with van der Waals surface area (Å²) < 4.78 is 6.06. The SMILES string of the molecule is Cc1cc(C)c2oc(-c3cc(NC(=O)CC45CC6CC(CC(C6)C4)C5)ccc3Cl)nc2c1. The van der Waals surface area contributed by atoms with Gasteiger partial charge in [-0.3, -0.25) is 4.79 Å². The van der Waals surface area contributed by atoms with Crippen molar-refractivity contribution in [2.24, 2.45) is 23.2 Å². The molecule has 4 fully saturated rings. The summed E-state index contributed by atoms with van der Waals surface area (Å²) in [6.07, 6.45) is 8.52. The van der Waals surface area contributed by atoms with E-state index < -0.39 is 0 Å². The third-order valence-electron chi connectivity index (χ3n) is 8.00. The zero-order chi connectivity index (χ0) is 22.0. The number of rotatable bonds is 4. The Kier molecular flexibility index (Phi) is 4.66. The number of nitrogens with one attached hydrogen (secondary N) is 1. The van der Waals surface area contributed by atoms with Crippen LogP contribution < -0.4 is 5.32 Å². The lowest BCUT2D eigenvalue weighted by Gasteiger charge is -2.56. The summed E-state index contributed by atoms with van der Waals surface area (Å²) in [6, 6.07) is 9.65. The maximum absolute atomic E-state index is 13.1. The Labute approximate surface area is 193 Å². The molecule has 4 aliphatic rings. The third-order valence-corrected chi connectivity index (χ3v) is 8.33. The van der Waals surface area contributed by atoms with Crippen molar-refractivity contribution >= 4 is 34.3 Å². The van der Waals surface area contributed by atoms with Crippen molar-refractivity contribution < 1.29 is 9.21 Å². The molecule has 3 aromatic rings. The zero-order valence-corrected chi connectivity index (χ0v) is 19.5. The topological polar surface area (TPSA) is 55.1 Å². The number of halogens is 1. The third kappa shape index (κ3) is 3.53. The zero-order valence-electron chi connectivity index (χ0n) is 18.7. The van der Waals surface area contributed by atoms with Gasteiger partial charge in [-0.05, 0) is 111 Å². The molecule has 4 nitrogen and oxygen atoms in total. The lowest BCUT2D eigenvalue weighted by Crippen LogP contribution is -2.47. The van der Waals surface area contributed by atoms with Crippen LogP contribution in [0.1, 0.15) is 56.1 Å². The number of carbonyl (C=O) groups excluding carboxylic acids is 1. The van der Waals surface area contributed by atoms with Crippen molar-refractivity contribution in [2.75, 3.05) is 5.32 Å². The first-order valence-electron chi connectivity index (χ1n) is 11.8. The molecule has 2 aromatic carbocycles. The first kappa shape index (κ1) is 20.3. The van der Waals surface area contributed by atoms with Gasteiger partial charge in [0.1, 0.15) is 5.52 Å². The number of hydrogen-bond acceptors (Lipinski definition) is 3. The number of carbonyl (C=O) groups is 1. The molecule has 0 aliphatic heterocycles. The molecule has 0 radical (unpaired) electrons. The van der Waals surface area contributed by atoms with Gasteiger partial charge in [-0.2, -0.15) is 0 Å². The number of aryl methyl sites for hydroxylation is 2. The molecule has 0 unspecified atom stereocenters. The number of anilines is 1. The van der Waals surface area contributed by atoms with Crippen LogP contribution in [0.5, 0.6) is 0 Å². The van der Waals surface area contributed by atoms with E-state index in [2.05, 4.69) is 16.4 Å². The predicted molar refractivity (Wildman–Crippen MR) is 128 cm³/mol. The molecule has 5 heteroatoms. The van der Waals surface area contributed by atoms with Gasteiger partial charge < -0.3 is 9.73 Å². The van der Waals surface area contributed by atoms with E-state index in [0.29, 0.717) is 22.9 Å². The maximum Gasteiger partial charge on any atom is 0.228 e. The van der Waals surface area contributed by atoms with Crippen LogP contribution >= 0.6 is 11.6 Å². The number of fused-ring (bicyclic) bond motifs is 1. The molecule has 1 heterocycles. The smallest absolute Gasteiger partial charge is 0.228 e.